The first-order chi connectivity index (χ1) is 19.4. The third-order valence-electron chi connectivity index (χ3n) is 6.55. The van der Waals surface area contributed by atoms with Crippen LogP contribution in [0.25, 0.3) is 5.52 Å². The zero-order valence-corrected chi connectivity index (χ0v) is 22.4. The highest BCUT2D eigenvalue weighted by Crippen LogP contribution is 2.27. The van der Waals surface area contributed by atoms with Crippen LogP contribution in [-0.2, 0) is 11.2 Å². The van der Waals surface area contributed by atoms with Gasteiger partial charge in [-0.1, -0.05) is 29.3 Å². The summed E-state index contributed by atoms with van der Waals surface area (Å²) in [6.07, 6.45) is -1.09. The summed E-state index contributed by atoms with van der Waals surface area (Å²) < 4.78 is 54.5. The predicted octanol–water partition coefficient (Wildman–Crippen LogP) is 3.43. The van der Waals surface area contributed by atoms with Gasteiger partial charge in [0.15, 0.2) is 0 Å². The number of aromatic amines is 1. The number of amides is 1. The van der Waals surface area contributed by atoms with E-state index in [1.807, 2.05) is 0 Å². The van der Waals surface area contributed by atoms with Gasteiger partial charge in [0.1, 0.15) is 22.2 Å². The molecule has 0 saturated carbocycles. The van der Waals surface area contributed by atoms with Crippen LogP contribution in [0.2, 0.25) is 10.2 Å². The molecule has 1 amide bonds. The first-order valence-corrected chi connectivity index (χ1v) is 12.9. The molecule has 1 aromatic carbocycles. The van der Waals surface area contributed by atoms with Gasteiger partial charge < -0.3 is 14.8 Å². The number of alkyl halides is 3. The highest BCUT2D eigenvalue weighted by Gasteiger charge is 2.44. The summed E-state index contributed by atoms with van der Waals surface area (Å²) in [7, 11) is 0. The van der Waals surface area contributed by atoms with E-state index in [0.29, 0.717) is 34.8 Å². The minimum absolute atomic E-state index is 0.134. The van der Waals surface area contributed by atoms with Crippen molar-refractivity contribution in [1.82, 2.24) is 14.3 Å². The Labute approximate surface area is 239 Å². The van der Waals surface area contributed by atoms with E-state index in [9.17, 15) is 31.9 Å². The normalized spacial score (nSPS) is 14.0. The molecule has 4 aromatic rings. The van der Waals surface area contributed by atoms with Crippen LogP contribution >= 0.6 is 23.2 Å². The molecule has 0 bridgehead atoms. The minimum Gasteiger partial charge on any atom is -0.363 e. The van der Waals surface area contributed by atoms with Crippen molar-refractivity contribution >= 4 is 46.3 Å². The molecule has 214 valence electrons. The predicted molar refractivity (Wildman–Crippen MR) is 140 cm³/mol. The topological polar surface area (TPSA) is 91.0 Å². The lowest BCUT2D eigenvalue weighted by molar-refractivity contribution is -0.870. The second kappa shape index (κ2) is 11.1. The van der Waals surface area contributed by atoms with Crippen molar-refractivity contribution < 1.29 is 36.7 Å². The van der Waals surface area contributed by atoms with Crippen LogP contribution in [0.5, 0.6) is 0 Å². The zero-order chi connectivity index (χ0) is 29.5. The van der Waals surface area contributed by atoms with E-state index in [1.165, 1.54) is 52.0 Å². The van der Waals surface area contributed by atoms with Crippen molar-refractivity contribution in [2.45, 2.75) is 12.6 Å². The maximum Gasteiger partial charge on any atom is 0.498 e. The third-order valence-corrected chi connectivity index (χ3v) is 7.30. The molecule has 41 heavy (non-hydrogen) atoms. The van der Waals surface area contributed by atoms with Crippen molar-refractivity contribution in [1.29, 1.82) is 0 Å². The van der Waals surface area contributed by atoms with Gasteiger partial charge in [0.25, 0.3) is 11.5 Å². The highest BCUT2D eigenvalue weighted by atomic mass is 35.5. The van der Waals surface area contributed by atoms with Crippen LogP contribution in [-0.4, -0.2) is 58.5 Å². The Bertz CT molecular complexity index is 1710. The Hall–Kier alpha value is -4.10. The number of carbonyl (C=O) groups excluding carboxylic acids is 2. The summed E-state index contributed by atoms with van der Waals surface area (Å²) in [5.41, 5.74) is 1.35. The van der Waals surface area contributed by atoms with Gasteiger partial charge in [-0.05, 0) is 29.8 Å². The largest absolute Gasteiger partial charge is 0.498 e. The molecule has 1 N–H and O–H groups in total. The van der Waals surface area contributed by atoms with Crippen LogP contribution in [0.1, 0.15) is 21.6 Å². The molecule has 0 atom stereocenters. The average molecular weight is 613 g/mol. The number of rotatable bonds is 5. The van der Waals surface area contributed by atoms with Gasteiger partial charge in [0.2, 0.25) is 12.4 Å². The molecule has 1 fully saturated rings. The lowest BCUT2D eigenvalue weighted by Gasteiger charge is -2.35. The van der Waals surface area contributed by atoms with Gasteiger partial charge in [-0.2, -0.15) is 18.0 Å². The molecule has 0 unspecified atom stereocenters. The summed E-state index contributed by atoms with van der Waals surface area (Å²) in [6.45, 7) is 1.01. The second-order valence-electron chi connectivity index (χ2n) is 9.18. The Balaban J connectivity index is 1.29. The number of anilines is 1. The molecule has 5 rings (SSSR count). The second-order valence-corrected chi connectivity index (χ2v) is 9.95. The van der Waals surface area contributed by atoms with Crippen LogP contribution < -0.4 is 20.0 Å². The van der Waals surface area contributed by atoms with Gasteiger partial charge in [-0.15, -0.1) is 0 Å². The smallest absolute Gasteiger partial charge is 0.363 e. The maximum atomic E-state index is 14.8. The Morgan fingerprint density at radius 3 is 2.51 bits per heavy atom. The fourth-order valence-corrected chi connectivity index (χ4v) is 4.99. The van der Waals surface area contributed by atoms with Crippen molar-refractivity contribution in [3.05, 3.63) is 98.2 Å². The molecule has 3 aromatic heterocycles. The van der Waals surface area contributed by atoms with E-state index in [1.54, 1.807) is 11.0 Å². The molecule has 1 aliphatic heterocycles. The molecule has 0 radical (unpaired) electrons. The number of halogens is 6. The van der Waals surface area contributed by atoms with Gasteiger partial charge in [0, 0.05) is 55.3 Å². The summed E-state index contributed by atoms with van der Waals surface area (Å²) >= 11 is 12.4. The van der Waals surface area contributed by atoms with Crippen molar-refractivity contribution in [2.75, 3.05) is 31.1 Å². The SMILES string of the molecule is O=C(c1cc(Cc2c[nH]c(=O)c3cc(Cl)c(Cl)n23)ccc1F)N1CCN(c2ccc[n+](OC(=O)C(F)(F)F)c2)CC1. The number of hydrogen-bond donors (Lipinski definition) is 1. The van der Waals surface area contributed by atoms with E-state index in [-0.39, 0.29) is 46.3 Å². The van der Waals surface area contributed by atoms with Crippen molar-refractivity contribution in [3.63, 3.8) is 0 Å². The van der Waals surface area contributed by atoms with E-state index >= 15 is 0 Å². The molecular formula is C26H20Cl2F4N5O4+. The monoisotopic (exact) mass is 612 g/mol. The lowest BCUT2D eigenvalue weighted by atomic mass is 10.0. The number of benzene rings is 1. The molecule has 1 saturated heterocycles. The number of nitrogens with one attached hydrogen (secondary N) is 1. The van der Waals surface area contributed by atoms with Crippen LogP contribution in [0.3, 0.4) is 0 Å². The molecule has 0 aliphatic carbocycles. The van der Waals surface area contributed by atoms with Gasteiger partial charge in [-0.3, -0.25) is 14.0 Å². The number of H-pyrrole nitrogens is 1. The van der Waals surface area contributed by atoms with E-state index in [2.05, 4.69) is 9.82 Å². The Kier molecular flexibility index (Phi) is 7.66. The third kappa shape index (κ3) is 5.86. The number of pyridine rings is 1. The van der Waals surface area contributed by atoms with Crippen LogP contribution in [0.15, 0.2) is 59.8 Å². The summed E-state index contributed by atoms with van der Waals surface area (Å²) in [6, 6.07) is 8.64. The number of carbonyl (C=O) groups is 2. The standard InChI is InChI=1S/C26H19Cl2F4N5O4/c27-19-12-21-23(38)33-13-17(37(21)22(19)28)10-15-3-4-20(29)18(11-15)24(39)35-8-6-34(7-9-35)16-2-1-5-36(14-16)41-25(40)26(30,31)32/h1-5,11-14H,6-10H2/p+1. The summed E-state index contributed by atoms with van der Waals surface area (Å²) in [5.74, 6) is -3.59. The van der Waals surface area contributed by atoms with Crippen LogP contribution in [0, 0.1) is 5.82 Å². The molecule has 9 nitrogen and oxygen atoms in total. The molecular weight excluding hydrogens is 593 g/mol. The van der Waals surface area contributed by atoms with Gasteiger partial charge in [0.05, 0.1) is 10.6 Å². The minimum atomic E-state index is -5.14. The Morgan fingerprint density at radius 2 is 1.80 bits per heavy atom. The fraction of sp³-hybridized carbons (Fsp3) is 0.231. The van der Waals surface area contributed by atoms with Gasteiger partial charge in [-0.25, -0.2) is 9.18 Å². The van der Waals surface area contributed by atoms with E-state index < -0.39 is 23.9 Å². The molecule has 1 aliphatic rings. The first kappa shape index (κ1) is 28.4. The van der Waals surface area contributed by atoms with E-state index in [4.69, 9.17) is 23.2 Å². The number of piperazine rings is 1. The number of aromatic nitrogens is 3. The quantitative estimate of drug-likeness (QED) is 0.275. The average Bonchev–Trinajstić information content (AvgIpc) is 3.25. The van der Waals surface area contributed by atoms with Crippen LogP contribution in [0.4, 0.5) is 23.2 Å². The zero-order valence-electron chi connectivity index (χ0n) is 20.9. The number of nitrogens with zero attached hydrogens (tertiary/aromatic N) is 4. The number of hydrogen-bond acceptors (Lipinski definition) is 5. The maximum absolute atomic E-state index is 14.8. The molecule has 15 heteroatoms. The van der Waals surface area contributed by atoms with Crippen molar-refractivity contribution in [2.24, 2.45) is 0 Å². The lowest BCUT2D eigenvalue weighted by Crippen LogP contribution is -2.52. The fourth-order valence-electron chi connectivity index (χ4n) is 4.55. The van der Waals surface area contributed by atoms with Crippen molar-refractivity contribution in [3.8, 4) is 0 Å². The number of fused-ring (bicyclic) bond motifs is 1. The Morgan fingerprint density at radius 1 is 1.07 bits per heavy atom. The summed E-state index contributed by atoms with van der Waals surface area (Å²) in [4.78, 5) is 46.8. The molecule has 4 heterocycles. The molecule has 0 spiro atoms. The van der Waals surface area contributed by atoms with Gasteiger partial charge >= 0.3 is 12.1 Å². The highest BCUT2D eigenvalue weighted by molar-refractivity contribution is 6.42. The van der Waals surface area contributed by atoms with E-state index in [0.717, 1.165) is 6.20 Å². The first-order valence-electron chi connectivity index (χ1n) is 12.1. The summed E-state index contributed by atoms with van der Waals surface area (Å²) in [5, 5.41) is 0.355.